The molecule has 0 saturated heterocycles. The van der Waals surface area contributed by atoms with Crippen LogP contribution in [0.25, 0.3) is 0 Å². The third-order valence-electron chi connectivity index (χ3n) is 1.08. The highest BCUT2D eigenvalue weighted by molar-refractivity contribution is 7.80. The van der Waals surface area contributed by atoms with Gasteiger partial charge in [-0.25, -0.2) is 0 Å². The van der Waals surface area contributed by atoms with Gasteiger partial charge >= 0.3 is 0 Å². The van der Waals surface area contributed by atoms with Crippen molar-refractivity contribution in [2.75, 3.05) is 26.4 Å². The molecule has 0 fully saturated rings. The summed E-state index contributed by atoms with van der Waals surface area (Å²) in [5, 5.41) is 0.321. The molecule has 0 radical (unpaired) electrons. The van der Waals surface area contributed by atoms with Crippen LogP contribution in [0.4, 0.5) is 0 Å². The van der Waals surface area contributed by atoms with Crippen LogP contribution in [0.3, 0.4) is 0 Å². The summed E-state index contributed by atoms with van der Waals surface area (Å²) in [7, 11) is 0. The van der Waals surface area contributed by atoms with Gasteiger partial charge in [0.1, 0.15) is 0 Å². The van der Waals surface area contributed by atoms with Crippen molar-refractivity contribution in [2.45, 2.75) is 25.5 Å². The molecule has 0 saturated carbocycles. The first-order valence-electron chi connectivity index (χ1n) is 4.11. The van der Waals surface area contributed by atoms with E-state index in [2.05, 4.69) is 19.6 Å². The Morgan fingerprint density at radius 2 is 1.82 bits per heavy atom. The fraction of sp³-hybridized carbons (Fsp3) is 1.00. The van der Waals surface area contributed by atoms with Crippen LogP contribution in [0.5, 0.6) is 0 Å². The van der Waals surface area contributed by atoms with Gasteiger partial charge < -0.3 is 9.47 Å². The zero-order valence-corrected chi connectivity index (χ0v) is 8.27. The van der Waals surface area contributed by atoms with Gasteiger partial charge in [-0.1, -0.05) is 13.8 Å². The minimum atomic E-state index is 0.321. The summed E-state index contributed by atoms with van der Waals surface area (Å²) >= 11 is 4.18. The maximum Gasteiger partial charge on any atom is 0.0700 e. The number of hydrogen-bond donors (Lipinski definition) is 1. The van der Waals surface area contributed by atoms with Crippen LogP contribution in [0.2, 0.25) is 0 Å². The predicted molar refractivity (Wildman–Crippen MR) is 50.4 cm³/mol. The van der Waals surface area contributed by atoms with Crippen molar-refractivity contribution in [3.63, 3.8) is 0 Å². The molecular formula is C8H18O2S. The highest BCUT2D eigenvalue weighted by Gasteiger charge is 1.93. The molecule has 0 bridgehead atoms. The number of rotatable bonds is 7. The standard InChI is InChI=1S/C8H18O2S/c1-3-4-9-5-6-10-7-8(2)11/h8,11H,3-7H2,1-2H3. The summed E-state index contributed by atoms with van der Waals surface area (Å²) in [5.74, 6) is 0. The summed E-state index contributed by atoms with van der Waals surface area (Å²) in [6, 6.07) is 0. The zero-order chi connectivity index (χ0) is 8.53. The molecule has 0 aliphatic heterocycles. The topological polar surface area (TPSA) is 18.5 Å². The van der Waals surface area contributed by atoms with Crippen molar-refractivity contribution in [3.8, 4) is 0 Å². The monoisotopic (exact) mass is 178 g/mol. The van der Waals surface area contributed by atoms with Gasteiger partial charge in [0, 0.05) is 11.9 Å². The lowest BCUT2D eigenvalue weighted by Gasteiger charge is -2.05. The first-order valence-corrected chi connectivity index (χ1v) is 4.62. The van der Waals surface area contributed by atoms with E-state index in [1.807, 2.05) is 6.92 Å². The van der Waals surface area contributed by atoms with E-state index in [9.17, 15) is 0 Å². The molecule has 2 nitrogen and oxygen atoms in total. The molecule has 1 atom stereocenters. The first kappa shape index (κ1) is 11.3. The highest BCUT2D eigenvalue weighted by Crippen LogP contribution is 1.92. The van der Waals surface area contributed by atoms with Crippen LogP contribution in [0, 0.1) is 0 Å². The maximum absolute atomic E-state index is 5.24. The van der Waals surface area contributed by atoms with E-state index in [0.717, 1.165) is 13.0 Å². The van der Waals surface area contributed by atoms with Gasteiger partial charge in [0.15, 0.2) is 0 Å². The normalized spacial score (nSPS) is 13.4. The molecule has 0 N–H and O–H groups in total. The summed E-state index contributed by atoms with van der Waals surface area (Å²) < 4.78 is 10.5. The molecule has 0 heterocycles. The largest absolute Gasteiger partial charge is 0.379 e. The second kappa shape index (κ2) is 8.37. The lowest BCUT2D eigenvalue weighted by molar-refractivity contribution is 0.0496. The fourth-order valence-corrected chi connectivity index (χ4v) is 0.724. The Kier molecular flexibility index (Phi) is 8.57. The van der Waals surface area contributed by atoms with E-state index < -0.39 is 0 Å². The lowest BCUT2D eigenvalue weighted by Crippen LogP contribution is -2.10. The van der Waals surface area contributed by atoms with Gasteiger partial charge in [-0.05, 0) is 6.42 Å². The fourth-order valence-electron chi connectivity index (χ4n) is 0.618. The van der Waals surface area contributed by atoms with E-state index in [4.69, 9.17) is 9.47 Å². The van der Waals surface area contributed by atoms with E-state index in [0.29, 0.717) is 25.1 Å². The molecule has 0 rings (SSSR count). The number of ether oxygens (including phenoxy) is 2. The van der Waals surface area contributed by atoms with Gasteiger partial charge in [0.05, 0.1) is 19.8 Å². The predicted octanol–water partition coefficient (Wildman–Crippen LogP) is 1.75. The Bertz CT molecular complexity index is 76.5. The van der Waals surface area contributed by atoms with Crippen molar-refractivity contribution < 1.29 is 9.47 Å². The van der Waals surface area contributed by atoms with E-state index in [1.165, 1.54) is 0 Å². The second-order valence-corrected chi connectivity index (χ2v) is 3.42. The third-order valence-corrected chi connectivity index (χ3v) is 1.23. The molecule has 68 valence electrons. The second-order valence-electron chi connectivity index (χ2n) is 2.54. The molecule has 0 amide bonds. The van der Waals surface area contributed by atoms with Crippen LogP contribution >= 0.6 is 12.6 Å². The Morgan fingerprint density at radius 3 is 2.36 bits per heavy atom. The Hall–Kier alpha value is 0.270. The minimum Gasteiger partial charge on any atom is -0.379 e. The van der Waals surface area contributed by atoms with Gasteiger partial charge in [-0.15, -0.1) is 0 Å². The smallest absolute Gasteiger partial charge is 0.0700 e. The minimum absolute atomic E-state index is 0.321. The van der Waals surface area contributed by atoms with Crippen molar-refractivity contribution in [1.29, 1.82) is 0 Å². The van der Waals surface area contributed by atoms with Crippen molar-refractivity contribution in [2.24, 2.45) is 0 Å². The number of hydrogen-bond acceptors (Lipinski definition) is 3. The molecule has 3 heteroatoms. The van der Waals surface area contributed by atoms with Gasteiger partial charge in [0.2, 0.25) is 0 Å². The Morgan fingerprint density at radius 1 is 1.18 bits per heavy atom. The summed E-state index contributed by atoms with van der Waals surface area (Å²) in [5.41, 5.74) is 0. The molecule has 0 aromatic carbocycles. The SMILES string of the molecule is CCCOCCOCC(C)S. The first-order chi connectivity index (χ1) is 5.27. The van der Waals surface area contributed by atoms with Crippen LogP contribution in [0.15, 0.2) is 0 Å². The quantitative estimate of drug-likeness (QED) is 0.473. The Labute approximate surface area is 74.7 Å². The van der Waals surface area contributed by atoms with Crippen molar-refractivity contribution >= 4 is 12.6 Å². The van der Waals surface area contributed by atoms with Crippen molar-refractivity contribution in [3.05, 3.63) is 0 Å². The van der Waals surface area contributed by atoms with Crippen LogP contribution in [-0.4, -0.2) is 31.7 Å². The lowest BCUT2D eigenvalue weighted by atomic mass is 10.5. The molecule has 11 heavy (non-hydrogen) atoms. The summed E-state index contributed by atoms with van der Waals surface area (Å²) in [6.45, 7) is 7.03. The maximum atomic E-state index is 5.24. The molecule has 0 aromatic rings. The van der Waals surface area contributed by atoms with E-state index in [1.54, 1.807) is 0 Å². The van der Waals surface area contributed by atoms with E-state index >= 15 is 0 Å². The third kappa shape index (κ3) is 10.3. The van der Waals surface area contributed by atoms with Gasteiger partial charge in [-0.2, -0.15) is 12.6 Å². The molecule has 0 spiro atoms. The molecule has 1 unspecified atom stereocenters. The molecule has 0 aliphatic rings. The average molecular weight is 178 g/mol. The summed E-state index contributed by atoms with van der Waals surface area (Å²) in [6.07, 6.45) is 1.07. The summed E-state index contributed by atoms with van der Waals surface area (Å²) in [4.78, 5) is 0. The molecular weight excluding hydrogens is 160 g/mol. The average Bonchev–Trinajstić information content (AvgIpc) is 1.96. The van der Waals surface area contributed by atoms with Crippen LogP contribution in [-0.2, 0) is 9.47 Å². The van der Waals surface area contributed by atoms with Gasteiger partial charge in [0.25, 0.3) is 0 Å². The van der Waals surface area contributed by atoms with Crippen LogP contribution in [0.1, 0.15) is 20.3 Å². The zero-order valence-electron chi connectivity index (χ0n) is 7.38. The molecule has 0 aliphatic carbocycles. The van der Waals surface area contributed by atoms with E-state index in [-0.39, 0.29) is 0 Å². The van der Waals surface area contributed by atoms with Crippen molar-refractivity contribution in [1.82, 2.24) is 0 Å². The number of thiol groups is 1. The Balaban J connectivity index is 2.80. The van der Waals surface area contributed by atoms with Gasteiger partial charge in [-0.3, -0.25) is 0 Å². The van der Waals surface area contributed by atoms with Crippen LogP contribution < -0.4 is 0 Å². The highest BCUT2D eigenvalue weighted by atomic mass is 32.1. The molecule has 0 aromatic heterocycles.